The number of hydrogen-bond donors (Lipinski definition) is 1. The summed E-state index contributed by atoms with van der Waals surface area (Å²) in [6.45, 7) is 2.46. The molecule has 20 heavy (non-hydrogen) atoms. The normalized spacial score (nSPS) is 14.8. The molecule has 2 aromatic rings. The third-order valence-electron chi connectivity index (χ3n) is 3.69. The first-order valence-electron chi connectivity index (χ1n) is 6.70. The Bertz CT molecular complexity index is 626. The molecule has 0 saturated carbocycles. The SMILES string of the molecule is O=C(O)c1cccc2c1CCN(Cc1ccccn1)C2. The average Bonchev–Trinajstić information content (AvgIpc) is 2.47. The number of nitrogens with zero attached hydrogens (tertiary/aromatic N) is 2. The summed E-state index contributed by atoms with van der Waals surface area (Å²) in [6.07, 6.45) is 2.58. The lowest BCUT2D eigenvalue weighted by molar-refractivity contribution is 0.0694. The zero-order valence-corrected chi connectivity index (χ0v) is 11.1. The topological polar surface area (TPSA) is 53.4 Å². The van der Waals surface area contributed by atoms with Crippen molar-refractivity contribution in [1.82, 2.24) is 9.88 Å². The lowest BCUT2D eigenvalue weighted by atomic mass is 9.94. The summed E-state index contributed by atoms with van der Waals surface area (Å²) < 4.78 is 0. The fourth-order valence-electron chi connectivity index (χ4n) is 2.72. The molecule has 2 heterocycles. The van der Waals surface area contributed by atoms with Crippen LogP contribution in [0.15, 0.2) is 42.6 Å². The van der Waals surface area contributed by atoms with Crippen molar-refractivity contribution in [3.8, 4) is 0 Å². The van der Waals surface area contributed by atoms with Gasteiger partial charge in [0.2, 0.25) is 0 Å². The van der Waals surface area contributed by atoms with E-state index in [1.807, 2.05) is 30.3 Å². The van der Waals surface area contributed by atoms with Crippen molar-refractivity contribution >= 4 is 5.97 Å². The van der Waals surface area contributed by atoms with Crippen LogP contribution in [0, 0.1) is 0 Å². The van der Waals surface area contributed by atoms with Crippen molar-refractivity contribution in [2.24, 2.45) is 0 Å². The molecule has 0 atom stereocenters. The fraction of sp³-hybridized carbons (Fsp3) is 0.250. The third kappa shape index (κ3) is 2.56. The molecule has 3 rings (SSSR count). The summed E-state index contributed by atoms with van der Waals surface area (Å²) in [6, 6.07) is 11.5. The summed E-state index contributed by atoms with van der Waals surface area (Å²) in [7, 11) is 0. The maximum atomic E-state index is 11.2. The molecule has 0 amide bonds. The molecular weight excluding hydrogens is 252 g/mol. The lowest BCUT2D eigenvalue weighted by Crippen LogP contribution is -2.31. The van der Waals surface area contributed by atoms with E-state index < -0.39 is 5.97 Å². The Morgan fingerprint density at radius 2 is 2.15 bits per heavy atom. The van der Waals surface area contributed by atoms with Gasteiger partial charge in [0.15, 0.2) is 0 Å². The first-order valence-corrected chi connectivity index (χ1v) is 6.70. The zero-order valence-electron chi connectivity index (χ0n) is 11.1. The van der Waals surface area contributed by atoms with Crippen LogP contribution in [-0.4, -0.2) is 27.5 Å². The van der Waals surface area contributed by atoms with E-state index >= 15 is 0 Å². The van der Waals surface area contributed by atoms with Gasteiger partial charge in [-0.05, 0) is 35.7 Å². The number of carboxylic acids is 1. The molecule has 0 bridgehead atoms. The second kappa shape index (κ2) is 5.43. The summed E-state index contributed by atoms with van der Waals surface area (Å²) in [5, 5.41) is 9.22. The maximum Gasteiger partial charge on any atom is 0.335 e. The predicted molar refractivity (Wildman–Crippen MR) is 75.5 cm³/mol. The van der Waals surface area contributed by atoms with Crippen LogP contribution >= 0.6 is 0 Å². The highest BCUT2D eigenvalue weighted by Gasteiger charge is 2.21. The highest BCUT2D eigenvalue weighted by molar-refractivity contribution is 5.89. The summed E-state index contributed by atoms with van der Waals surface area (Å²) in [4.78, 5) is 17.9. The van der Waals surface area contributed by atoms with Gasteiger partial charge in [-0.2, -0.15) is 0 Å². The number of aromatic carboxylic acids is 1. The minimum Gasteiger partial charge on any atom is -0.478 e. The number of pyridine rings is 1. The minimum absolute atomic E-state index is 0.444. The number of carboxylic acid groups (broad SMARTS) is 1. The van der Waals surface area contributed by atoms with Gasteiger partial charge in [-0.1, -0.05) is 18.2 Å². The maximum absolute atomic E-state index is 11.2. The van der Waals surface area contributed by atoms with Gasteiger partial charge in [0.05, 0.1) is 11.3 Å². The van der Waals surface area contributed by atoms with Crippen molar-refractivity contribution in [2.45, 2.75) is 19.5 Å². The van der Waals surface area contributed by atoms with Gasteiger partial charge in [0.1, 0.15) is 0 Å². The van der Waals surface area contributed by atoms with E-state index in [1.165, 1.54) is 0 Å². The molecule has 4 nitrogen and oxygen atoms in total. The van der Waals surface area contributed by atoms with Gasteiger partial charge in [-0.3, -0.25) is 9.88 Å². The molecule has 0 unspecified atom stereocenters. The van der Waals surface area contributed by atoms with E-state index in [0.29, 0.717) is 5.56 Å². The number of rotatable bonds is 3. The average molecular weight is 268 g/mol. The Labute approximate surface area is 117 Å². The van der Waals surface area contributed by atoms with Crippen molar-refractivity contribution in [3.63, 3.8) is 0 Å². The van der Waals surface area contributed by atoms with Gasteiger partial charge >= 0.3 is 5.97 Å². The number of aromatic nitrogens is 1. The fourth-order valence-corrected chi connectivity index (χ4v) is 2.72. The molecule has 4 heteroatoms. The van der Waals surface area contributed by atoms with Crippen LogP contribution in [0.1, 0.15) is 27.2 Å². The van der Waals surface area contributed by atoms with Crippen LogP contribution < -0.4 is 0 Å². The second-order valence-corrected chi connectivity index (χ2v) is 5.03. The Hall–Kier alpha value is -2.20. The Morgan fingerprint density at radius 1 is 1.25 bits per heavy atom. The monoisotopic (exact) mass is 268 g/mol. The molecule has 1 N–H and O–H groups in total. The van der Waals surface area contributed by atoms with Gasteiger partial charge in [-0.15, -0.1) is 0 Å². The molecule has 0 radical (unpaired) electrons. The summed E-state index contributed by atoms with van der Waals surface area (Å²) in [5.41, 5.74) is 3.59. The number of hydrogen-bond acceptors (Lipinski definition) is 3. The second-order valence-electron chi connectivity index (χ2n) is 5.03. The van der Waals surface area contributed by atoms with Gasteiger partial charge < -0.3 is 5.11 Å². The van der Waals surface area contributed by atoms with E-state index in [-0.39, 0.29) is 0 Å². The smallest absolute Gasteiger partial charge is 0.335 e. The number of fused-ring (bicyclic) bond motifs is 1. The van der Waals surface area contributed by atoms with Crippen LogP contribution in [0.25, 0.3) is 0 Å². The zero-order chi connectivity index (χ0) is 13.9. The van der Waals surface area contributed by atoms with Crippen LogP contribution in [-0.2, 0) is 19.5 Å². The van der Waals surface area contributed by atoms with Gasteiger partial charge in [-0.25, -0.2) is 4.79 Å². The van der Waals surface area contributed by atoms with Crippen molar-refractivity contribution in [2.75, 3.05) is 6.54 Å². The van der Waals surface area contributed by atoms with E-state index in [4.69, 9.17) is 0 Å². The third-order valence-corrected chi connectivity index (χ3v) is 3.69. The molecule has 0 saturated heterocycles. The molecule has 0 aliphatic carbocycles. The number of benzene rings is 1. The molecule has 102 valence electrons. The highest BCUT2D eigenvalue weighted by Crippen LogP contribution is 2.23. The first kappa shape index (κ1) is 12.8. The van der Waals surface area contributed by atoms with Crippen LogP contribution in [0.4, 0.5) is 0 Å². The van der Waals surface area contributed by atoms with E-state index in [9.17, 15) is 9.90 Å². The summed E-state index contributed by atoms with van der Waals surface area (Å²) >= 11 is 0. The molecule has 0 fully saturated rings. The van der Waals surface area contributed by atoms with Gasteiger partial charge in [0, 0.05) is 25.8 Å². The predicted octanol–water partition coefficient (Wildman–Crippen LogP) is 2.34. The quantitative estimate of drug-likeness (QED) is 0.928. The largest absolute Gasteiger partial charge is 0.478 e. The standard InChI is InChI=1S/C16H16N2O2/c19-16(20)15-6-3-4-12-10-18(9-7-14(12)15)11-13-5-1-2-8-17-13/h1-6,8H,7,9-11H2,(H,19,20). The first-order chi connectivity index (χ1) is 9.74. The van der Waals surface area contributed by atoms with Crippen molar-refractivity contribution in [1.29, 1.82) is 0 Å². The molecule has 0 spiro atoms. The van der Waals surface area contributed by atoms with Gasteiger partial charge in [0.25, 0.3) is 0 Å². The van der Waals surface area contributed by atoms with E-state index in [0.717, 1.165) is 42.9 Å². The van der Waals surface area contributed by atoms with Crippen LogP contribution in [0.2, 0.25) is 0 Å². The minimum atomic E-state index is -0.833. The van der Waals surface area contributed by atoms with Crippen molar-refractivity contribution < 1.29 is 9.90 Å². The lowest BCUT2D eigenvalue weighted by Gasteiger charge is -2.29. The van der Waals surface area contributed by atoms with Crippen LogP contribution in [0.3, 0.4) is 0 Å². The highest BCUT2D eigenvalue weighted by atomic mass is 16.4. The Morgan fingerprint density at radius 3 is 2.90 bits per heavy atom. The summed E-state index contributed by atoms with van der Waals surface area (Å²) in [5.74, 6) is -0.833. The van der Waals surface area contributed by atoms with E-state index in [2.05, 4.69) is 9.88 Å². The molecular formula is C16H16N2O2. The molecule has 1 aromatic heterocycles. The van der Waals surface area contributed by atoms with Crippen LogP contribution in [0.5, 0.6) is 0 Å². The van der Waals surface area contributed by atoms with Crippen molar-refractivity contribution in [3.05, 3.63) is 65.0 Å². The molecule has 1 aromatic carbocycles. The molecule has 1 aliphatic rings. The van der Waals surface area contributed by atoms with E-state index in [1.54, 1.807) is 12.3 Å². The number of carbonyl (C=O) groups is 1. The Kier molecular flexibility index (Phi) is 3.48. The Balaban J connectivity index is 1.79. The molecule has 1 aliphatic heterocycles.